The number of amides is 1. The number of rotatable bonds is 4. The summed E-state index contributed by atoms with van der Waals surface area (Å²) in [6.45, 7) is 0. The standard InChI is InChI=1S/C18H14N2O3/c19-18(22)17-16(21)10-13(11-20-17)12-5-4-8-15(9-12)23-14-6-2-1-3-7-14/h1-11,21H,(H2,19,22). The summed E-state index contributed by atoms with van der Waals surface area (Å²) in [5, 5.41) is 9.83. The number of aromatic nitrogens is 1. The lowest BCUT2D eigenvalue weighted by atomic mass is 10.1. The lowest BCUT2D eigenvalue weighted by Crippen LogP contribution is -2.13. The van der Waals surface area contributed by atoms with Crippen LogP contribution in [0.3, 0.4) is 0 Å². The Morgan fingerprint density at radius 1 is 0.957 bits per heavy atom. The molecule has 0 aliphatic carbocycles. The summed E-state index contributed by atoms with van der Waals surface area (Å²) < 4.78 is 5.78. The smallest absolute Gasteiger partial charge is 0.271 e. The number of hydrogen-bond donors (Lipinski definition) is 2. The van der Waals surface area contributed by atoms with Crippen LogP contribution in [-0.2, 0) is 0 Å². The van der Waals surface area contributed by atoms with Crippen molar-refractivity contribution in [1.29, 1.82) is 0 Å². The van der Waals surface area contributed by atoms with Gasteiger partial charge in [0.05, 0.1) is 0 Å². The highest BCUT2D eigenvalue weighted by atomic mass is 16.5. The monoisotopic (exact) mass is 306 g/mol. The fourth-order valence-electron chi connectivity index (χ4n) is 2.16. The molecule has 114 valence electrons. The molecule has 0 aliphatic heterocycles. The Morgan fingerprint density at radius 3 is 2.39 bits per heavy atom. The van der Waals surface area contributed by atoms with Crippen LogP contribution in [0.2, 0.25) is 0 Å². The van der Waals surface area contributed by atoms with Gasteiger partial charge in [0, 0.05) is 11.8 Å². The van der Waals surface area contributed by atoms with E-state index in [-0.39, 0.29) is 11.4 Å². The Bertz CT molecular complexity index is 848. The lowest BCUT2D eigenvalue weighted by molar-refractivity contribution is 0.0993. The second kappa shape index (κ2) is 6.19. The van der Waals surface area contributed by atoms with E-state index in [2.05, 4.69) is 4.98 Å². The van der Waals surface area contributed by atoms with Crippen molar-refractivity contribution >= 4 is 5.91 Å². The van der Waals surface area contributed by atoms with Gasteiger partial charge in [-0.1, -0.05) is 30.3 Å². The summed E-state index contributed by atoms with van der Waals surface area (Å²) >= 11 is 0. The van der Waals surface area contributed by atoms with Crippen LogP contribution in [-0.4, -0.2) is 16.0 Å². The summed E-state index contributed by atoms with van der Waals surface area (Å²) in [5.41, 5.74) is 6.45. The van der Waals surface area contributed by atoms with Crippen molar-refractivity contribution in [2.45, 2.75) is 0 Å². The third-order valence-electron chi connectivity index (χ3n) is 3.25. The third kappa shape index (κ3) is 3.29. The molecule has 5 heteroatoms. The predicted molar refractivity (Wildman–Crippen MR) is 86.4 cm³/mol. The molecule has 0 radical (unpaired) electrons. The fourth-order valence-corrected chi connectivity index (χ4v) is 2.16. The molecule has 0 unspecified atom stereocenters. The number of nitrogens with zero attached hydrogens (tertiary/aromatic N) is 1. The van der Waals surface area contributed by atoms with Crippen molar-refractivity contribution in [3.05, 3.63) is 72.6 Å². The Labute approximate surface area is 133 Å². The Morgan fingerprint density at radius 2 is 1.70 bits per heavy atom. The first-order valence-corrected chi connectivity index (χ1v) is 6.95. The van der Waals surface area contributed by atoms with Crippen LogP contribution < -0.4 is 10.5 Å². The number of primary amides is 1. The maximum atomic E-state index is 11.1. The van der Waals surface area contributed by atoms with Crippen molar-refractivity contribution in [2.75, 3.05) is 0 Å². The molecule has 23 heavy (non-hydrogen) atoms. The van der Waals surface area contributed by atoms with Gasteiger partial charge >= 0.3 is 0 Å². The average molecular weight is 306 g/mol. The molecule has 0 aliphatic rings. The number of para-hydroxylation sites is 1. The molecule has 0 bridgehead atoms. The van der Waals surface area contributed by atoms with E-state index in [9.17, 15) is 9.90 Å². The van der Waals surface area contributed by atoms with E-state index >= 15 is 0 Å². The van der Waals surface area contributed by atoms with Gasteiger partial charge in [-0.3, -0.25) is 4.79 Å². The molecule has 2 aromatic carbocycles. The summed E-state index contributed by atoms with van der Waals surface area (Å²) in [7, 11) is 0. The normalized spacial score (nSPS) is 10.3. The SMILES string of the molecule is NC(=O)c1ncc(-c2cccc(Oc3ccccc3)c2)cc1O. The largest absolute Gasteiger partial charge is 0.505 e. The van der Waals surface area contributed by atoms with Crippen LogP contribution in [0.15, 0.2) is 66.9 Å². The summed E-state index contributed by atoms with van der Waals surface area (Å²) in [5.74, 6) is 0.376. The van der Waals surface area contributed by atoms with Gasteiger partial charge in [-0.15, -0.1) is 0 Å². The molecule has 3 rings (SSSR count). The van der Waals surface area contributed by atoms with Crippen molar-refractivity contribution in [2.24, 2.45) is 5.73 Å². The van der Waals surface area contributed by atoms with Crippen LogP contribution in [0.1, 0.15) is 10.5 Å². The van der Waals surface area contributed by atoms with E-state index in [1.165, 1.54) is 12.3 Å². The van der Waals surface area contributed by atoms with Gasteiger partial charge in [-0.25, -0.2) is 4.98 Å². The first-order chi connectivity index (χ1) is 11.1. The molecule has 0 fully saturated rings. The van der Waals surface area contributed by atoms with Gasteiger partial charge in [-0.05, 0) is 35.9 Å². The van der Waals surface area contributed by atoms with E-state index in [4.69, 9.17) is 10.5 Å². The number of nitrogens with two attached hydrogens (primary N) is 1. The maximum absolute atomic E-state index is 11.1. The minimum Gasteiger partial charge on any atom is -0.505 e. The first kappa shape index (κ1) is 14.6. The van der Waals surface area contributed by atoms with Gasteiger partial charge in [0.25, 0.3) is 5.91 Å². The van der Waals surface area contributed by atoms with Crippen molar-refractivity contribution in [3.63, 3.8) is 0 Å². The highest BCUT2D eigenvalue weighted by Gasteiger charge is 2.11. The number of carbonyl (C=O) groups is 1. The van der Waals surface area contributed by atoms with Crippen molar-refractivity contribution in [3.8, 4) is 28.4 Å². The summed E-state index contributed by atoms with van der Waals surface area (Å²) in [6, 6.07) is 18.2. The number of carbonyl (C=O) groups excluding carboxylic acids is 1. The predicted octanol–water partition coefficient (Wildman–Crippen LogP) is 3.35. The Hall–Kier alpha value is -3.34. The minimum absolute atomic E-state index is 0.148. The highest BCUT2D eigenvalue weighted by Crippen LogP contribution is 2.29. The fraction of sp³-hybridized carbons (Fsp3) is 0. The number of benzene rings is 2. The number of hydrogen-bond acceptors (Lipinski definition) is 4. The van der Waals surface area contributed by atoms with Gasteiger partial charge in [0.1, 0.15) is 17.2 Å². The van der Waals surface area contributed by atoms with E-state index in [1.54, 1.807) is 0 Å². The summed E-state index contributed by atoms with van der Waals surface area (Å²) in [6.07, 6.45) is 1.49. The van der Waals surface area contributed by atoms with E-state index < -0.39 is 5.91 Å². The van der Waals surface area contributed by atoms with E-state index in [0.717, 1.165) is 11.3 Å². The zero-order chi connectivity index (χ0) is 16.2. The molecule has 0 saturated heterocycles. The van der Waals surface area contributed by atoms with Gasteiger partial charge in [-0.2, -0.15) is 0 Å². The lowest BCUT2D eigenvalue weighted by Gasteiger charge is -2.08. The Kier molecular flexibility index (Phi) is 3.93. The second-order valence-corrected chi connectivity index (χ2v) is 4.90. The third-order valence-corrected chi connectivity index (χ3v) is 3.25. The zero-order valence-corrected chi connectivity index (χ0v) is 12.1. The molecule has 5 nitrogen and oxygen atoms in total. The molecular weight excluding hydrogens is 292 g/mol. The van der Waals surface area contributed by atoms with E-state index in [0.29, 0.717) is 11.3 Å². The van der Waals surface area contributed by atoms with Crippen molar-refractivity contribution in [1.82, 2.24) is 4.98 Å². The molecular formula is C18H14N2O3. The van der Waals surface area contributed by atoms with Gasteiger partial charge in [0.2, 0.25) is 0 Å². The van der Waals surface area contributed by atoms with Crippen LogP contribution in [0.5, 0.6) is 17.2 Å². The van der Waals surface area contributed by atoms with Gasteiger partial charge < -0.3 is 15.6 Å². The number of pyridine rings is 1. The molecule has 0 saturated carbocycles. The number of ether oxygens (including phenoxy) is 1. The van der Waals surface area contributed by atoms with Gasteiger partial charge in [0.15, 0.2) is 5.69 Å². The maximum Gasteiger partial charge on any atom is 0.271 e. The number of aromatic hydroxyl groups is 1. The van der Waals surface area contributed by atoms with Crippen molar-refractivity contribution < 1.29 is 14.6 Å². The first-order valence-electron chi connectivity index (χ1n) is 6.95. The van der Waals surface area contributed by atoms with E-state index in [1.807, 2.05) is 54.6 Å². The molecule has 3 N–H and O–H groups in total. The molecule has 1 aromatic heterocycles. The highest BCUT2D eigenvalue weighted by molar-refractivity contribution is 5.94. The van der Waals surface area contributed by atoms with Crippen LogP contribution in [0.25, 0.3) is 11.1 Å². The Balaban J connectivity index is 1.91. The van der Waals surface area contributed by atoms with Crippen LogP contribution in [0, 0.1) is 0 Å². The van der Waals surface area contributed by atoms with Crippen LogP contribution >= 0.6 is 0 Å². The molecule has 0 atom stereocenters. The molecule has 1 amide bonds. The topological polar surface area (TPSA) is 85.4 Å². The minimum atomic E-state index is -0.768. The zero-order valence-electron chi connectivity index (χ0n) is 12.1. The van der Waals surface area contributed by atoms with Crippen LogP contribution in [0.4, 0.5) is 0 Å². The molecule has 1 heterocycles. The second-order valence-electron chi connectivity index (χ2n) is 4.90. The average Bonchev–Trinajstić information content (AvgIpc) is 2.55. The summed E-state index contributed by atoms with van der Waals surface area (Å²) in [4.78, 5) is 15.0. The molecule has 3 aromatic rings. The quantitative estimate of drug-likeness (QED) is 0.774. The molecule has 0 spiro atoms.